The van der Waals surface area contributed by atoms with E-state index in [9.17, 15) is 0 Å². The van der Waals surface area contributed by atoms with E-state index in [1.807, 2.05) is 22.7 Å². The predicted molar refractivity (Wildman–Crippen MR) is 239 cm³/mol. The summed E-state index contributed by atoms with van der Waals surface area (Å²) in [4.78, 5) is 0. The first-order valence-corrected chi connectivity index (χ1v) is 20.9. The topological polar surface area (TPSA) is 0 Å². The number of benzene rings is 7. The summed E-state index contributed by atoms with van der Waals surface area (Å²) >= 11 is 3.81. The minimum atomic E-state index is 0.612. The number of allylic oxidation sites excluding steroid dienone is 6. The molecule has 0 saturated heterocycles. The van der Waals surface area contributed by atoms with Gasteiger partial charge in [0.1, 0.15) is 0 Å². The lowest BCUT2D eigenvalue weighted by Gasteiger charge is -2.27. The van der Waals surface area contributed by atoms with E-state index in [4.69, 9.17) is 0 Å². The zero-order valence-electron chi connectivity index (χ0n) is 30.2. The summed E-state index contributed by atoms with van der Waals surface area (Å²) in [6, 6.07) is 45.9. The summed E-state index contributed by atoms with van der Waals surface area (Å²) in [5, 5.41) is 13.5. The van der Waals surface area contributed by atoms with Gasteiger partial charge in [0.2, 0.25) is 0 Å². The molecule has 0 bridgehead atoms. The van der Waals surface area contributed by atoms with Gasteiger partial charge >= 0.3 is 0 Å². The molecule has 1 unspecified atom stereocenters. The molecule has 0 nitrogen and oxygen atoms in total. The van der Waals surface area contributed by atoms with Crippen LogP contribution in [-0.2, 0) is 6.42 Å². The molecule has 0 aliphatic heterocycles. The van der Waals surface area contributed by atoms with Gasteiger partial charge in [0.05, 0.1) is 0 Å². The molecule has 0 fully saturated rings. The Hall–Kier alpha value is -5.54. The molecule has 2 aliphatic carbocycles. The lowest BCUT2D eigenvalue weighted by atomic mass is 9.77. The molecule has 2 aliphatic rings. The monoisotopic (exact) mass is 726 g/mol. The second-order valence-corrected chi connectivity index (χ2v) is 17.1. The van der Waals surface area contributed by atoms with Gasteiger partial charge in [-0.05, 0) is 134 Å². The average molecular weight is 727 g/mol. The second-order valence-electron chi connectivity index (χ2n) is 15.0. The third kappa shape index (κ3) is 5.08. The van der Waals surface area contributed by atoms with E-state index >= 15 is 0 Å². The summed E-state index contributed by atoms with van der Waals surface area (Å²) in [6.45, 7) is 2.18. The van der Waals surface area contributed by atoms with Gasteiger partial charge in [-0.1, -0.05) is 134 Å². The highest BCUT2D eigenvalue weighted by molar-refractivity contribution is 7.25. The van der Waals surface area contributed by atoms with Gasteiger partial charge in [-0.15, -0.1) is 22.7 Å². The van der Waals surface area contributed by atoms with Crippen molar-refractivity contribution in [2.24, 2.45) is 5.92 Å². The third-order valence-electron chi connectivity index (χ3n) is 11.9. The van der Waals surface area contributed by atoms with Crippen LogP contribution in [0.25, 0.3) is 91.4 Å². The van der Waals surface area contributed by atoms with Crippen molar-refractivity contribution >= 4 is 103 Å². The molecule has 0 N–H and O–H groups in total. The van der Waals surface area contributed by atoms with E-state index in [0.717, 1.165) is 12.8 Å². The number of hydrogen-bond acceptors (Lipinski definition) is 2. The fourth-order valence-corrected chi connectivity index (χ4v) is 11.6. The molecule has 0 spiro atoms. The van der Waals surface area contributed by atoms with Crippen LogP contribution in [0.3, 0.4) is 0 Å². The Morgan fingerprint density at radius 1 is 0.630 bits per heavy atom. The molecule has 2 heterocycles. The van der Waals surface area contributed by atoms with Crippen molar-refractivity contribution in [3.05, 3.63) is 172 Å². The van der Waals surface area contributed by atoms with Gasteiger partial charge in [0.25, 0.3) is 0 Å². The van der Waals surface area contributed by atoms with Gasteiger partial charge in [0.15, 0.2) is 0 Å². The van der Waals surface area contributed by atoms with Crippen LogP contribution in [0.2, 0.25) is 0 Å². The first-order chi connectivity index (χ1) is 26.7. The number of thiophene rings is 2. The fourth-order valence-electron chi connectivity index (χ4n) is 9.41. The lowest BCUT2D eigenvalue weighted by molar-refractivity contribution is 0.573. The van der Waals surface area contributed by atoms with Crippen LogP contribution in [0.15, 0.2) is 151 Å². The van der Waals surface area contributed by atoms with Crippen LogP contribution in [0, 0.1) is 5.92 Å². The molecule has 0 radical (unpaired) electrons. The van der Waals surface area contributed by atoms with Crippen LogP contribution in [0.4, 0.5) is 0 Å². The zero-order chi connectivity index (χ0) is 35.8. The van der Waals surface area contributed by atoms with E-state index in [0.29, 0.717) is 5.92 Å². The number of fused-ring (bicyclic) bond motifs is 9. The van der Waals surface area contributed by atoms with Crippen molar-refractivity contribution in [1.82, 2.24) is 0 Å². The van der Waals surface area contributed by atoms with Crippen LogP contribution in [0.1, 0.15) is 37.3 Å². The van der Waals surface area contributed by atoms with E-state index in [1.54, 1.807) is 0 Å². The van der Waals surface area contributed by atoms with Crippen molar-refractivity contribution < 1.29 is 0 Å². The molecule has 258 valence electrons. The molecule has 1 atom stereocenters. The molecule has 11 rings (SSSR count). The number of hydrogen-bond donors (Lipinski definition) is 0. The van der Waals surface area contributed by atoms with Crippen molar-refractivity contribution in [1.29, 1.82) is 0 Å². The Bertz CT molecular complexity index is 3180. The standard InChI is InChI=1S/C52H38S2/c1-2-46-43(52-44-31-45-38-16-9-10-21-47(38)54-49(45)30-35(44)25-27-48(52)53-46)26-22-32-12-11-15-36(28-32)50-39-17-5-7-19-41(39)51(42-20-8-6-18-40(42)50)37-24-23-33-13-3-4-14-34(33)29-37/h2-3,5-13,15-21,23-28,30-31,34H,4,14,22,29H2,1H3/b43-26+,46-2+. The lowest BCUT2D eigenvalue weighted by Crippen LogP contribution is -2.18. The molecule has 9 aromatic rings. The molecule has 0 saturated carbocycles. The van der Waals surface area contributed by atoms with E-state index in [2.05, 4.69) is 165 Å². The smallest absolute Gasteiger partial charge is 0.0361 e. The Morgan fingerprint density at radius 3 is 2.19 bits per heavy atom. The molecular weight excluding hydrogens is 689 g/mol. The van der Waals surface area contributed by atoms with Crippen molar-refractivity contribution in [2.75, 3.05) is 0 Å². The molecular formula is C52H38S2. The maximum Gasteiger partial charge on any atom is 0.0361 e. The molecule has 2 heteroatoms. The molecule has 2 aromatic heterocycles. The van der Waals surface area contributed by atoms with Crippen molar-refractivity contribution in [3.8, 4) is 11.1 Å². The predicted octanol–water partition coefficient (Wildman–Crippen LogP) is 13.9. The van der Waals surface area contributed by atoms with Crippen LogP contribution >= 0.6 is 22.7 Å². The normalized spacial score (nSPS) is 16.6. The maximum atomic E-state index is 2.49. The summed E-state index contributed by atoms with van der Waals surface area (Å²) in [6.07, 6.45) is 18.6. The van der Waals surface area contributed by atoms with Crippen LogP contribution in [-0.4, -0.2) is 0 Å². The summed E-state index contributed by atoms with van der Waals surface area (Å²) in [5.74, 6) is 0.612. The summed E-state index contributed by atoms with van der Waals surface area (Å²) in [7, 11) is 0. The summed E-state index contributed by atoms with van der Waals surface area (Å²) in [5.41, 5.74) is 8.31. The maximum absolute atomic E-state index is 2.49. The largest absolute Gasteiger partial charge is 0.136 e. The number of rotatable bonds is 4. The van der Waals surface area contributed by atoms with Gasteiger partial charge in [0, 0.05) is 34.8 Å². The van der Waals surface area contributed by atoms with Crippen LogP contribution in [0.5, 0.6) is 0 Å². The van der Waals surface area contributed by atoms with Gasteiger partial charge in [-0.2, -0.15) is 0 Å². The Kier molecular flexibility index (Phi) is 7.57. The Balaban J connectivity index is 1.06. The fraction of sp³-hybridized carbons (Fsp3) is 0.115. The highest BCUT2D eigenvalue weighted by Gasteiger charge is 2.24. The Morgan fingerprint density at radius 2 is 1.39 bits per heavy atom. The average Bonchev–Trinajstić information content (AvgIpc) is 3.78. The summed E-state index contributed by atoms with van der Waals surface area (Å²) < 4.78 is 5.42. The SMILES string of the molecule is C/C=c1/sc2ccc3cc4sc5ccccc5c4cc3c2/c1=C/Cc1cccc(-c2c3ccccc3c(C3=CC=C4C=CCCC4C3)c3ccccc23)c1. The highest BCUT2D eigenvalue weighted by Crippen LogP contribution is 2.46. The molecule has 54 heavy (non-hydrogen) atoms. The third-order valence-corrected chi connectivity index (χ3v) is 14.3. The second kappa shape index (κ2) is 12.8. The van der Waals surface area contributed by atoms with Gasteiger partial charge < -0.3 is 0 Å². The first kappa shape index (κ1) is 31.9. The van der Waals surface area contributed by atoms with Gasteiger partial charge in [-0.25, -0.2) is 0 Å². The van der Waals surface area contributed by atoms with Crippen molar-refractivity contribution in [3.63, 3.8) is 0 Å². The van der Waals surface area contributed by atoms with E-state index in [1.165, 1.54) is 119 Å². The van der Waals surface area contributed by atoms with Gasteiger partial charge in [-0.3, -0.25) is 0 Å². The minimum Gasteiger partial charge on any atom is -0.136 e. The quantitative estimate of drug-likeness (QED) is 0.158. The van der Waals surface area contributed by atoms with Crippen molar-refractivity contribution in [2.45, 2.75) is 32.6 Å². The zero-order valence-corrected chi connectivity index (χ0v) is 31.9. The minimum absolute atomic E-state index is 0.612. The molecule has 7 aromatic carbocycles. The first-order valence-electron chi connectivity index (χ1n) is 19.3. The Labute approximate surface area is 323 Å². The van der Waals surface area contributed by atoms with Crippen LogP contribution < -0.4 is 9.75 Å². The highest BCUT2D eigenvalue weighted by atomic mass is 32.1. The van der Waals surface area contributed by atoms with E-state index in [-0.39, 0.29) is 0 Å². The van der Waals surface area contributed by atoms with E-state index < -0.39 is 0 Å². The molecule has 0 amide bonds.